The summed E-state index contributed by atoms with van der Waals surface area (Å²) in [5.41, 5.74) is 2.97. The number of hydrogen-bond donors (Lipinski definition) is 4. The predicted molar refractivity (Wildman–Crippen MR) is 146 cm³/mol. The van der Waals surface area contributed by atoms with Crippen LogP contribution in [0.15, 0.2) is 97.1 Å². The highest BCUT2D eigenvalue weighted by Crippen LogP contribution is 2.49. The molecule has 1 aliphatic heterocycles. The molecule has 0 aromatic heterocycles. The van der Waals surface area contributed by atoms with Crippen LogP contribution < -0.4 is 10.2 Å². The molecule has 1 fully saturated rings. The second-order valence-electron chi connectivity index (χ2n) is 9.61. The van der Waals surface area contributed by atoms with Gasteiger partial charge in [-0.3, -0.25) is 9.36 Å². The Morgan fingerprint density at radius 3 is 2.21 bits per heavy atom. The van der Waals surface area contributed by atoms with Crippen molar-refractivity contribution in [1.82, 2.24) is 0 Å². The lowest BCUT2D eigenvalue weighted by molar-refractivity contribution is -0.131. The molecule has 200 valence electrons. The predicted octanol–water partition coefficient (Wildman–Crippen LogP) is 5.22. The molecule has 3 atom stereocenters. The highest BCUT2D eigenvalue weighted by atomic mass is 31.2. The zero-order chi connectivity index (χ0) is 27.7. The minimum Gasteiger partial charge on any atom is -0.508 e. The number of rotatable bonds is 8. The van der Waals surface area contributed by atoms with E-state index in [9.17, 15) is 33.7 Å². The molecule has 1 aliphatic rings. The van der Waals surface area contributed by atoms with Gasteiger partial charge in [0, 0.05) is 11.3 Å². The van der Waals surface area contributed by atoms with Crippen LogP contribution in [-0.4, -0.2) is 25.9 Å². The molecular weight excluding hydrogens is 520 g/mol. The second kappa shape index (κ2) is 10.8. The lowest BCUT2D eigenvalue weighted by Crippen LogP contribution is -2.55. The molecule has 0 radical (unpaired) electrons. The molecule has 0 spiro atoms. The van der Waals surface area contributed by atoms with E-state index in [0.717, 1.165) is 0 Å². The third kappa shape index (κ3) is 5.51. The number of aliphatic hydroxyl groups is 1. The molecule has 0 saturated carbocycles. The molecule has 4 aromatic carbocycles. The Hall–Kier alpha value is -3.81. The average Bonchev–Trinajstić information content (AvgIpc) is 2.92. The lowest BCUT2D eigenvalue weighted by atomic mass is 9.77. The van der Waals surface area contributed by atoms with Crippen molar-refractivity contribution >= 4 is 24.5 Å². The van der Waals surface area contributed by atoms with Gasteiger partial charge in [0.2, 0.25) is 5.91 Å². The Morgan fingerprint density at radius 2 is 1.56 bits per heavy atom. The largest absolute Gasteiger partial charge is 0.508 e. The Kier molecular flexibility index (Phi) is 7.38. The number of β-lactam (4-membered cyclic amide) rings is 1. The summed E-state index contributed by atoms with van der Waals surface area (Å²) in [7, 11) is -4.36. The normalized spacial score (nSPS) is 18.1. The quantitative estimate of drug-likeness (QED) is 0.178. The molecule has 1 amide bonds. The maximum atomic E-state index is 13.6. The lowest BCUT2D eigenvalue weighted by Gasteiger charge is -2.48. The number of anilines is 1. The van der Waals surface area contributed by atoms with Crippen LogP contribution in [-0.2, 0) is 9.36 Å². The van der Waals surface area contributed by atoms with Gasteiger partial charge >= 0.3 is 7.60 Å². The topological polar surface area (TPSA) is 118 Å². The van der Waals surface area contributed by atoms with Gasteiger partial charge < -0.3 is 24.9 Å². The van der Waals surface area contributed by atoms with Crippen LogP contribution in [0.25, 0.3) is 11.1 Å². The fourth-order valence-corrected chi connectivity index (χ4v) is 5.64. The number of carbonyl (C=O) groups is 1. The average molecular weight is 548 g/mol. The minimum absolute atomic E-state index is 0.0272. The summed E-state index contributed by atoms with van der Waals surface area (Å²) in [4.78, 5) is 33.6. The summed E-state index contributed by atoms with van der Waals surface area (Å²) in [6, 6.07) is 25.3. The minimum atomic E-state index is -4.36. The number of nitrogens with zero attached hydrogens (tertiary/aromatic N) is 1. The molecule has 0 bridgehead atoms. The number of phenolic OH excluding ortho intramolecular Hbond substituents is 1. The Morgan fingerprint density at radius 1 is 0.872 bits per heavy atom. The summed E-state index contributed by atoms with van der Waals surface area (Å²) in [5.74, 6) is -1.11. The first-order valence-electron chi connectivity index (χ1n) is 12.4. The van der Waals surface area contributed by atoms with Crippen molar-refractivity contribution in [2.45, 2.75) is 25.0 Å². The van der Waals surface area contributed by atoms with Crippen LogP contribution in [0.3, 0.4) is 0 Å². The smallest absolute Gasteiger partial charge is 0.356 e. The van der Waals surface area contributed by atoms with Crippen LogP contribution in [0.2, 0.25) is 0 Å². The standard InChI is InChI=1S/C30H27FNO6P/c31-22-6-4-5-21(17-22)27(33)16-15-26-29(32(30(26)35)23-7-2-1-3-8-23)25-14-11-20(18-28(25)34)19-9-12-24(13-10-19)39(36,37)38/h1-14,17-18,26-27,29,33-34H,15-16H2,(H2,36,37,38)/t26-,27?,29-/m1/s1. The molecular formula is C30H27FNO6P. The van der Waals surface area contributed by atoms with E-state index in [1.54, 1.807) is 41.3 Å². The van der Waals surface area contributed by atoms with E-state index in [-0.39, 0.29) is 23.4 Å². The first-order chi connectivity index (χ1) is 18.6. The fraction of sp³-hybridized carbons (Fsp3) is 0.167. The van der Waals surface area contributed by atoms with Crippen LogP contribution >= 0.6 is 7.60 Å². The first kappa shape index (κ1) is 26.8. The van der Waals surface area contributed by atoms with Crippen molar-refractivity contribution in [3.8, 4) is 16.9 Å². The molecule has 0 aliphatic carbocycles. The second-order valence-corrected chi connectivity index (χ2v) is 11.2. The Bertz CT molecular complexity index is 1540. The third-order valence-corrected chi connectivity index (χ3v) is 8.09. The number of phenols is 1. The third-order valence-electron chi connectivity index (χ3n) is 7.12. The summed E-state index contributed by atoms with van der Waals surface area (Å²) >= 11 is 0. The highest BCUT2D eigenvalue weighted by Gasteiger charge is 2.49. The van der Waals surface area contributed by atoms with Crippen LogP contribution in [0.5, 0.6) is 5.75 Å². The maximum absolute atomic E-state index is 13.6. The van der Waals surface area contributed by atoms with E-state index >= 15 is 0 Å². The van der Waals surface area contributed by atoms with E-state index in [0.29, 0.717) is 34.4 Å². The first-order valence-corrected chi connectivity index (χ1v) is 14.1. The number of aromatic hydroxyl groups is 1. The van der Waals surface area contributed by atoms with Crippen molar-refractivity contribution in [3.63, 3.8) is 0 Å². The summed E-state index contributed by atoms with van der Waals surface area (Å²) in [6.45, 7) is 0. The van der Waals surface area contributed by atoms with E-state index in [4.69, 9.17) is 0 Å². The van der Waals surface area contributed by atoms with E-state index in [1.165, 1.54) is 30.3 Å². The van der Waals surface area contributed by atoms with Crippen molar-refractivity contribution in [2.75, 3.05) is 4.90 Å². The van der Waals surface area contributed by atoms with Crippen LogP contribution in [0.4, 0.5) is 10.1 Å². The van der Waals surface area contributed by atoms with Crippen molar-refractivity contribution in [3.05, 3.63) is 114 Å². The molecule has 4 aromatic rings. The number of amides is 1. The number of hydrogen-bond acceptors (Lipinski definition) is 4. The monoisotopic (exact) mass is 547 g/mol. The fourth-order valence-electron chi connectivity index (χ4n) is 5.10. The molecule has 1 unspecified atom stereocenters. The van der Waals surface area contributed by atoms with E-state index in [2.05, 4.69) is 0 Å². The van der Waals surface area contributed by atoms with Gasteiger partial charge in [0.15, 0.2) is 0 Å². The molecule has 7 nitrogen and oxygen atoms in total. The molecule has 9 heteroatoms. The highest BCUT2D eigenvalue weighted by molar-refractivity contribution is 7.60. The van der Waals surface area contributed by atoms with Crippen molar-refractivity contribution < 1.29 is 33.7 Å². The van der Waals surface area contributed by atoms with Gasteiger partial charge in [-0.1, -0.05) is 54.6 Å². The maximum Gasteiger partial charge on any atom is 0.356 e. The molecule has 4 N–H and O–H groups in total. The number of benzene rings is 4. The van der Waals surface area contributed by atoms with E-state index in [1.807, 2.05) is 30.3 Å². The van der Waals surface area contributed by atoms with Gasteiger partial charge in [0.05, 0.1) is 23.4 Å². The molecule has 39 heavy (non-hydrogen) atoms. The van der Waals surface area contributed by atoms with Crippen molar-refractivity contribution in [2.24, 2.45) is 5.92 Å². The number of para-hydroxylation sites is 1. The Labute approximate surface area is 225 Å². The molecule has 1 heterocycles. The van der Waals surface area contributed by atoms with Gasteiger partial charge in [-0.15, -0.1) is 0 Å². The summed E-state index contributed by atoms with van der Waals surface area (Å²) in [6.07, 6.45) is -0.369. The van der Waals surface area contributed by atoms with Gasteiger partial charge in [-0.05, 0) is 72.0 Å². The Balaban J connectivity index is 1.42. The van der Waals surface area contributed by atoms with E-state index < -0.39 is 31.5 Å². The molecule has 1 saturated heterocycles. The zero-order valence-corrected chi connectivity index (χ0v) is 21.7. The summed E-state index contributed by atoms with van der Waals surface area (Å²) in [5, 5.41) is 21.6. The van der Waals surface area contributed by atoms with Gasteiger partial charge in [0.25, 0.3) is 0 Å². The zero-order valence-electron chi connectivity index (χ0n) is 20.8. The SMILES string of the molecule is O=C1[C@H](CCC(O)c2cccc(F)c2)[C@@H](c2ccc(-c3ccc(P(=O)(O)O)cc3)cc2O)N1c1ccccc1. The number of aliphatic hydroxyl groups excluding tert-OH is 1. The summed E-state index contributed by atoms with van der Waals surface area (Å²) < 4.78 is 25.1. The van der Waals surface area contributed by atoms with Gasteiger partial charge in [0.1, 0.15) is 11.6 Å². The van der Waals surface area contributed by atoms with Crippen molar-refractivity contribution in [1.29, 1.82) is 0 Å². The van der Waals surface area contributed by atoms with Crippen LogP contribution in [0, 0.1) is 11.7 Å². The number of halogens is 1. The van der Waals surface area contributed by atoms with Gasteiger partial charge in [-0.25, -0.2) is 4.39 Å². The van der Waals surface area contributed by atoms with Gasteiger partial charge in [-0.2, -0.15) is 0 Å². The number of carbonyl (C=O) groups excluding carboxylic acids is 1. The van der Waals surface area contributed by atoms with Crippen LogP contribution in [0.1, 0.15) is 36.1 Å². The molecule has 5 rings (SSSR count).